The fourth-order valence-electron chi connectivity index (χ4n) is 0.630. The van der Waals surface area contributed by atoms with Crippen LogP contribution in [-0.2, 0) is 0 Å². The summed E-state index contributed by atoms with van der Waals surface area (Å²) in [5.74, 6) is 0.115. The van der Waals surface area contributed by atoms with Crippen LogP contribution in [0.1, 0.15) is 6.99 Å². The molecule has 0 aliphatic heterocycles. The first-order valence-electron chi connectivity index (χ1n) is 2.73. The summed E-state index contributed by atoms with van der Waals surface area (Å²) in [6.07, 6.45) is 0. The molecule has 1 aromatic rings. The van der Waals surface area contributed by atoms with Crippen LogP contribution in [0.3, 0.4) is 0 Å². The van der Waals surface area contributed by atoms with Crippen molar-refractivity contribution in [1.29, 1.82) is 5.26 Å². The Kier molecular flexibility index (Phi) is 6.29. The maximum atomic E-state index is 9.22. The van der Waals surface area contributed by atoms with Gasteiger partial charge in [-0.25, -0.2) is 0 Å². The van der Waals surface area contributed by atoms with Gasteiger partial charge in [-0.15, -0.1) is 0 Å². The summed E-state index contributed by atoms with van der Waals surface area (Å²) < 4.78 is 1.03. The predicted molar refractivity (Wildman–Crippen MR) is 49.3 cm³/mol. The van der Waals surface area contributed by atoms with Crippen molar-refractivity contribution in [1.82, 2.24) is 0 Å². The van der Waals surface area contributed by atoms with Crippen molar-refractivity contribution < 1.29 is 57.9 Å². The molecule has 0 aliphatic carbocycles. The molecule has 0 aliphatic rings. The number of benzene rings is 1. The van der Waals surface area contributed by atoms with Gasteiger partial charge in [0.05, 0.1) is 20.6 Å². The molecule has 0 saturated carbocycles. The first kappa shape index (κ1) is 13.1. The molecule has 58 valence electrons. The summed E-state index contributed by atoms with van der Waals surface area (Å²) in [6.45, 7) is 0. The molecule has 0 saturated heterocycles. The summed E-state index contributed by atoms with van der Waals surface area (Å²) in [7, 11) is 0. The molecule has 1 N–H and O–H groups in total. The molecule has 5 heteroatoms. The Morgan fingerprint density at radius 1 is 1.33 bits per heavy atom. The van der Waals surface area contributed by atoms with Gasteiger partial charge >= 0.3 is 51.4 Å². The molecule has 1 rings (SSSR count). The predicted octanol–water partition coefficient (Wildman–Crippen LogP) is -0.0946. The van der Waals surface area contributed by atoms with E-state index in [1.54, 1.807) is 12.1 Å². The van der Waals surface area contributed by atoms with Gasteiger partial charge in [0.1, 0.15) is 5.75 Å². The Morgan fingerprint density at radius 2 is 1.75 bits per heavy atom. The molecule has 12 heavy (non-hydrogen) atoms. The zero-order valence-corrected chi connectivity index (χ0v) is 12.6. The van der Waals surface area contributed by atoms with Crippen LogP contribution >= 0.6 is 31.9 Å². The number of aromatic hydroxyl groups is 1. The molecular weight excluding hydrogens is 313 g/mol. The van der Waals surface area contributed by atoms with Crippen LogP contribution in [0.25, 0.3) is 0 Å². The normalized spacial score (nSPS) is 8.42. The smallest absolute Gasteiger partial charge is 1.00 e. The Balaban J connectivity index is 0. The van der Waals surface area contributed by atoms with Crippen LogP contribution in [0, 0.1) is 11.3 Å². The number of phenols is 1. The number of nitrogens with zero attached hydrogens (tertiary/aromatic N) is 1. The molecule has 0 radical (unpaired) electrons. The van der Waals surface area contributed by atoms with Crippen molar-refractivity contribution in [2.24, 2.45) is 0 Å². The fourth-order valence-corrected chi connectivity index (χ4v) is 1.82. The quantitative estimate of drug-likeness (QED) is 0.680. The standard InChI is InChI=1S/C7H3Br2NO.K.H/c8-5-1-4(3-10)2-6(9)7(5)11;;/h1-2,11H;;/q;+1;-1. The molecule has 1 aromatic carbocycles. The Bertz CT molecular complexity index is 317. The van der Waals surface area contributed by atoms with E-state index in [2.05, 4.69) is 31.9 Å². The number of halogens is 2. The van der Waals surface area contributed by atoms with E-state index in [9.17, 15) is 5.11 Å². The molecule has 0 amide bonds. The van der Waals surface area contributed by atoms with Gasteiger partial charge in [-0.2, -0.15) is 5.26 Å². The summed E-state index contributed by atoms with van der Waals surface area (Å²) in [5, 5.41) is 17.7. The monoisotopic (exact) mass is 315 g/mol. The second-order valence-corrected chi connectivity index (χ2v) is 3.61. The van der Waals surface area contributed by atoms with Gasteiger partial charge in [0.15, 0.2) is 0 Å². The minimum absolute atomic E-state index is 0. The third kappa shape index (κ3) is 3.11. The van der Waals surface area contributed by atoms with Crippen molar-refractivity contribution in [3.8, 4) is 11.8 Å². The van der Waals surface area contributed by atoms with Crippen molar-refractivity contribution in [3.05, 3.63) is 26.6 Å². The van der Waals surface area contributed by atoms with E-state index in [4.69, 9.17) is 5.26 Å². The maximum Gasteiger partial charge on any atom is 1.00 e. The van der Waals surface area contributed by atoms with Gasteiger partial charge in [0.25, 0.3) is 0 Å². The van der Waals surface area contributed by atoms with Gasteiger partial charge in [-0.05, 0) is 44.0 Å². The molecular formula is C7H4Br2KNO. The van der Waals surface area contributed by atoms with Crippen LogP contribution in [0.5, 0.6) is 5.75 Å². The molecule has 0 spiro atoms. The van der Waals surface area contributed by atoms with Gasteiger partial charge in [0.2, 0.25) is 0 Å². The van der Waals surface area contributed by atoms with E-state index in [1.165, 1.54) is 0 Å². The SMILES string of the molecule is N#Cc1cc(Br)c(O)c(Br)c1.[H-].[K+]. The van der Waals surface area contributed by atoms with Gasteiger partial charge < -0.3 is 6.53 Å². The summed E-state index contributed by atoms with van der Waals surface area (Å²) in [4.78, 5) is 0. The average Bonchev–Trinajstić information content (AvgIpc) is 1.99. The Hall–Kier alpha value is 1.11. The number of hydrogen-bond acceptors (Lipinski definition) is 2. The van der Waals surface area contributed by atoms with Crippen LogP contribution in [-0.4, -0.2) is 5.11 Å². The summed E-state index contributed by atoms with van der Waals surface area (Å²) in [5.41, 5.74) is 0.501. The third-order valence-corrected chi connectivity index (χ3v) is 2.35. The van der Waals surface area contributed by atoms with Crippen molar-refractivity contribution >= 4 is 31.9 Å². The van der Waals surface area contributed by atoms with Crippen molar-refractivity contribution in [2.45, 2.75) is 0 Å². The number of rotatable bonds is 0. The molecule has 2 nitrogen and oxygen atoms in total. The van der Waals surface area contributed by atoms with Crippen LogP contribution in [0.15, 0.2) is 21.1 Å². The zero-order valence-electron chi connectivity index (χ0n) is 7.31. The van der Waals surface area contributed by atoms with E-state index in [1.807, 2.05) is 6.07 Å². The average molecular weight is 317 g/mol. The van der Waals surface area contributed by atoms with Crippen LogP contribution in [0.2, 0.25) is 0 Å². The second-order valence-electron chi connectivity index (χ2n) is 1.90. The van der Waals surface area contributed by atoms with E-state index in [-0.39, 0.29) is 58.6 Å². The summed E-state index contributed by atoms with van der Waals surface area (Å²) in [6, 6.07) is 5.08. The molecule has 0 bridgehead atoms. The number of hydrogen-bond donors (Lipinski definition) is 1. The second kappa shape index (κ2) is 5.76. The van der Waals surface area contributed by atoms with Crippen LogP contribution in [0.4, 0.5) is 0 Å². The van der Waals surface area contributed by atoms with E-state index in [0.29, 0.717) is 14.5 Å². The molecule has 0 fully saturated rings. The first-order chi connectivity index (χ1) is 5.15. The number of nitriles is 1. The van der Waals surface area contributed by atoms with Crippen molar-refractivity contribution in [2.75, 3.05) is 0 Å². The zero-order chi connectivity index (χ0) is 8.43. The first-order valence-corrected chi connectivity index (χ1v) is 4.32. The van der Waals surface area contributed by atoms with E-state index in [0.717, 1.165) is 0 Å². The Morgan fingerprint density at radius 3 is 2.08 bits per heavy atom. The summed E-state index contributed by atoms with van der Waals surface area (Å²) >= 11 is 6.21. The molecule has 0 aromatic heterocycles. The molecule has 0 atom stereocenters. The largest absolute Gasteiger partial charge is 1.00 e. The number of phenolic OH excluding ortho intramolecular Hbond substituents is 1. The van der Waals surface area contributed by atoms with Gasteiger partial charge in [-0.3, -0.25) is 0 Å². The van der Waals surface area contributed by atoms with Gasteiger partial charge in [0, 0.05) is 0 Å². The minimum Gasteiger partial charge on any atom is -1.00 e. The Labute approximate surface area is 131 Å². The van der Waals surface area contributed by atoms with Gasteiger partial charge in [-0.1, -0.05) is 0 Å². The minimum atomic E-state index is 0. The van der Waals surface area contributed by atoms with Crippen LogP contribution < -0.4 is 51.4 Å². The molecule has 0 unspecified atom stereocenters. The fraction of sp³-hybridized carbons (Fsp3) is 0. The van der Waals surface area contributed by atoms with Crippen molar-refractivity contribution in [3.63, 3.8) is 0 Å². The van der Waals surface area contributed by atoms with E-state index < -0.39 is 0 Å². The topological polar surface area (TPSA) is 44.0 Å². The maximum absolute atomic E-state index is 9.22. The third-order valence-electron chi connectivity index (χ3n) is 1.15. The molecule has 0 heterocycles. The van der Waals surface area contributed by atoms with E-state index >= 15 is 0 Å².